The van der Waals surface area contributed by atoms with Gasteiger partial charge in [0.1, 0.15) is 4.90 Å². The molecule has 9 heteroatoms. The monoisotopic (exact) mass is 338 g/mol. The van der Waals surface area contributed by atoms with E-state index in [-0.39, 0.29) is 33.7 Å². The first-order valence-corrected chi connectivity index (χ1v) is 9.55. The Hall–Kier alpha value is -0.830. The molecule has 1 unspecified atom stereocenters. The summed E-state index contributed by atoms with van der Waals surface area (Å²) in [5.74, 6) is -0.372. The van der Waals surface area contributed by atoms with E-state index in [0.29, 0.717) is 0 Å². The summed E-state index contributed by atoms with van der Waals surface area (Å²) in [6.45, 7) is 1.49. The SMILES string of the molecule is CC1CS(=O)(=O)CCN1S(=O)(=O)c1cc(N)ccc1Cl. The molecule has 6 nitrogen and oxygen atoms in total. The summed E-state index contributed by atoms with van der Waals surface area (Å²) in [5, 5.41) is 0.0693. The molecule has 20 heavy (non-hydrogen) atoms. The lowest BCUT2D eigenvalue weighted by molar-refractivity contribution is 0.357. The molecule has 1 aromatic rings. The standard InChI is InChI=1S/C11H15ClN2O4S2/c1-8-7-19(15,16)5-4-14(8)20(17,18)11-6-9(13)2-3-10(11)12/h2-3,6,8H,4-5,7,13H2,1H3. The third-order valence-electron chi connectivity index (χ3n) is 3.15. The van der Waals surface area contributed by atoms with Crippen LogP contribution in [0.25, 0.3) is 0 Å². The number of rotatable bonds is 2. The minimum atomic E-state index is -3.86. The van der Waals surface area contributed by atoms with E-state index < -0.39 is 25.9 Å². The van der Waals surface area contributed by atoms with E-state index in [9.17, 15) is 16.8 Å². The summed E-state index contributed by atoms with van der Waals surface area (Å²) >= 11 is 5.92. The largest absolute Gasteiger partial charge is 0.399 e. The van der Waals surface area contributed by atoms with Crippen LogP contribution in [0, 0.1) is 0 Å². The molecule has 0 radical (unpaired) electrons. The molecule has 0 aromatic heterocycles. The Morgan fingerprint density at radius 3 is 2.65 bits per heavy atom. The molecule has 0 amide bonds. The first-order valence-electron chi connectivity index (χ1n) is 5.91. The van der Waals surface area contributed by atoms with E-state index >= 15 is 0 Å². The third-order valence-corrected chi connectivity index (χ3v) is 7.44. The van der Waals surface area contributed by atoms with Crippen LogP contribution in [0.15, 0.2) is 23.1 Å². The predicted molar refractivity (Wildman–Crippen MR) is 77.9 cm³/mol. The topological polar surface area (TPSA) is 97.5 Å². The van der Waals surface area contributed by atoms with Crippen LogP contribution in [0.1, 0.15) is 6.92 Å². The minimum Gasteiger partial charge on any atom is -0.399 e. The van der Waals surface area contributed by atoms with E-state index in [4.69, 9.17) is 17.3 Å². The summed E-state index contributed by atoms with van der Waals surface area (Å²) < 4.78 is 49.4. The van der Waals surface area contributed by atoms with Crippen molar-refractivity contribution in [1.29, 1.82) is 0 Å². The number of nitrogen functional groups attached to an aromatic ring is 1. The average Bonchev–Trinajstić information content (AvgIpc) is 2.30. The van der Waals surface area contributed by atoms with E-state index in [1.54, 1.807) is 6.92 Å². The number of nitrogens with zero attached hydrogens (tertiary/aromatic N) is 1. The van der Waals surface area contributed by atoms with Crippen molar-refractivity contribution < 1.29 is 16.8 Å². The molecule has 1 aliphatic rings. The number of halogens is 1. The van der Waals surface area contributed by atoms with Gasteiger partial charge in [0.15, 0.2) is 9.84 Å². The number of hydrogen-bond donors (Lipinski definition) is 1. The zero-order valence-electron chi connectivity index (χ0n) is 10.8. The number of nitrogens with two attached hydrogens (primary N) is 1. The highest BCUT2D eigenvalue weighted by molar-refractivity contribution is 7.92. The van der Waals surface area contributed by atoms with Crippen LogP contribution in [0.3, 0.4) is 0 Å². The molecule has 0 saturated carbocycles. The molecule has 1 saturated heterocycles. The lowest BCUT2D eigenvalue weighted by atomic mass is 10.3. The molecule has 0 aliphatic carbocycles. The molecule has 1 fully saturated rings. The normalized spacial score (nSPS) is 23.6. The Labute approximate surface area is 123 Å². The summed E-state index contributed by atoms with van der Waals surface area (Å²) in [4.78, 5) is -0.0923. The van der Waals surface area contributed by atoms with E-state index in [2.05, 4.69) is 0 Å². The molecule has 2 N–H and O–H groups in total. The van der Waals surface area contributed by atoms with Crippen LogP contribution in [-0.2, 0) is 19.9 Å². The minimum absolute atomic E-state index is 0.0693. The number of sulfone groups is 1. The van der Waals surface area contributed by atoms with Crippen molar-refractivity contribution in [2.75, 3.05) is 23.8 Å². The van der Waals surface area contributed by atoms with Crippen LogP contribution in [0.4, 0.5) is 5.69 Å². The van der Waals surface area contributed by atoms with Crippen LogP contribution in [0.5, 0.6) is 0 Å². The van der Waals surface area contributed by atoms with Crippen molar-refractivity contribution >= 4 is 37.1 Å². The van der Waals surface area contributed by atoms with E-state index in [1.807, 2.05) is 0 Å². The quantitative estimate of drug-likeness (QED) is 0.802. The van der Waals surface area contributed by atoms with Gasteiger partial charge in [0.2, 0.25) is 10.0 Å². The highest BCUT2D eigenvalue weighted by atomic mass is 35.5. The Bertz CT molecular complexity index is 731. The van der Waals surface area contributed by atoms with Gasteiger partial charge in [-0.05, 0) is 25.1 Å². The molecular weight excluding hydrogens is 324 g/mol. The number of benzene rings is 1. The fourth-order valence-corrected chi connectivity index (χ4v) is 6.09. The maximum atomic E-state index is 12.6. The first-order chi connectivity index (χ1) is 9.13. The Morgan fingerprint density at radius 1 is 1.40 bits per heavy atom. The number of hydrogen-bond acceptors (Lipinski definition) is 5. The van der Waals surface area contributed by atoms with Crippen LogP contribution in [-0.4, -0.2) is 45.2 Å². The fraction of sp³-hybridized carbons (Fsp3) is 0.455. The van der Waals surface area contributed by atoms with Gasteiger partial charge < -0.3 is 5.73 Å². The maximum absolute atomic E-state index is 12.6. The van der Waals surface area contributed by atoms with Gasteiger partial charge in [-0.2, -0.15) is 4.31 Å². The molecule has 0 bridgehead atoms. The average molecular weight is 339 g/mol. The lowest BCUT2D eigenvalue weighted by Crippen LogP contribution is -2.49. The van der Waals surface area contributed by atoms with Crippen LogP contribution in [0.2, 0.25) is 5.02 Å². The van der Waals surface area contributed by atoms with E-state index in [0.717, 1.165) is 4.31 Å². The molecule has 1 atom stereocenters. The molecule has 2 rings (SSSR count). The van der Waals surface area contributed by atoms with Crippen molar-refractivity contribution in [2.45, 2.75) is 17.9 Å². The molecule has 1 aliphatic heterocycles. The Kier molecular flexibility index (Phi) is 4.03. The van der Waals surface area contributed by atoms with Gasteiger partial charge in [-0.15, -0.1) is 0 Å². The number of sulfonamides is 1. The summed E-state index contributed by atoms with van der Waals surface area (Å²) in [7, 11) is -7.05. The lowest BCUT2D eigenvalue weighted by Gasteiger charge is -2.32. The highest BCUT2D eigenvalue weighted by Gasteiger charge is 2.37. The number of anilines is 1. The van der Waals surface area contributed by atoms with Crippen molar-refractivity contribution in [3.63, 3.8) is 0 Å². The zero-order chi connectivity index (χ0) is 15.1. The third kappa shape index (κ3) is 2.93. The fourth-order valence-electron chi connectivity index (χ4n) is 2.18. The smallest absolute Gasteiger partial charge is 0.244 e. The van der Waals surface area contributed by atoms with E-state index in [1.165, 1.54) is 18.2 Å². The molecule has 1 aromatic carbocycles. The summed E-state index contributed by atoms with van der Waals surface area (Å²) in [6, 6.07) is 3.57. The summed E-state index contributed by atoms with van der Waals surface area (Å²) in [5.41, 5.74) is 5.88. The van der Waals surface area contributed by atoms with Gasteiger partial charge in [-0.25, -0.2) is 16.8 Å². The second-order valence-corrected chi connectivity index (χ2v) is 9.26. The van der Waals surface area contributed by atoms with Crippen molar-refractivity contribution in [1.82, 2.24) is 4.31 Å². The first kappa shape index (κ1) is 15.6. The molecule has 112 valence electrons. The molecule has 1 heterocycles. The Morgan fingerprint density at radius 2 is 2.05 bits per heavy atom. The molecule has 0 spiro atoms. The highest BCUT2D eigenvalue weighted by Crippen LogP contribution is 2.29. The second-order valence-electron chi connectivity index (χ2n) is 4.77. The Balaban J connectivity index is 2.43. The maximum Gasteiger partial charge on any atom is 0.244 e. The van der Waals surface area contributed by atoms with Gasteiger partial charge in [0.25, 0.3) is 0 Å². The van der Waals surface area contributed by atoms with Crippen molar-refractivity contribution in [3.05, 3.63) is 23.2 Å². The predicted octanol–water partition coefficient (Wildman–Crippen LogP) is 0.730. The van der Waals surface area contributed by atoms with Crippen molar-refractivity contribution in [2.24, 2.45) is 0 Å². The zero-order valence-corrected chi connectivity index (χ0v) is 13.2. The second kappa shape index (κ2) is 5.18. The van der Waals surface area contributed by atoms with Gasteiger partial charge in [-0.1, -0.05) is 11.6 Å². The van der Waals surface area contributed by atoms with Gasteiger partial charge >= 0.3 is 0 Å². The molecular formula is C11H15ClN2O4S2. The summed E-state index contributed by atoms with van der Waals surface area (Å²) in [6.07, 6.45) is 0. The van der Waals surface area contributed by atoms with Gasteiger partial charge in [-0.3, -0.25) is 0 Å². The van der Waals surface area contributed by atoms with Crippen LogP contribution < -0.4 is 5.73 Å². The van der Waals surface area contributed by atoms with Gasteiger partial charge in [0, 0.05) is 18.3 Å². The van der Waals surface area contributed by atoms with Crippen LogP contribution >= 0.6 is 11.6 Å². The van der Waals surface area contributed by atoms with Gasteiger partial charge in [0.05, 0.1) is 16.5 Å². The van der Waals surface area contributed by atoms with Crippen molar-refractivity contribution in [3.8, 4) is 0 Å².